The summed E-state index contributed by atoms with van der Waals surface area (Å²) >= 11 is 3.32. The third-order valence-electron chi connectivity index (χ3n) is 3.15. The minimum absolute atomic E-state index is 0.136. The van der Waals surface area contributed by atoms with E-state index in [4.69, 9.17) is 0 Å². The molecule has 0 spiro atoms. The smallest absolute Gasteiger partial charge is 0.251 e. The summed E-state index contributed by atoms with van der Waals surface area (Å²) in [5.74, 6) is -1.71. The minimum atomic E-state index is -0.755. The summed E-state index contributed by atoms with van der Waals surface area (Å²) in [4.78, 5) is 12.1. The number of hydrogen-bond donors (Lipinski definition) is 1. The zero-order valence-electron chi connectivity index (χ0n) is 11.4. The zero-order chi connectivity index (χ0) is 15.4. The normalized spacial score (nSPS) is 12.0. The topological polar surface area (TPSA) is 29.1 Å². The van der Waals surface area contributed by atoms with Gasteiger partial charge in [0.2, 0.25) is 0 Å². The first-order valence-electron chi connectivity index (χ1n) is 6.42. The standard InChI is InChI=1S/C16H14BrF2NO/c1-10(15-13(18)3-2-4-14(15)19)20-16(21)12-7-5-11(9-17)6-8-12/h2-8,10H,9H2,1H3,(H,20,21). The average molecular weight is 354 g/mol. The maximum Gasteiger partial charge on any atom is 0.251 e. The van der Waals surface area contributed by atoms with Crippen molar-refractivity contribution in [3.8, 4) is 0 Å². The number of halogens is 3. The highest BCUT2D eigenvalue weighted by atomic mass is 79.9. The molecule has 0 fully saturated rings. The fraction of sp³-hybridized carbons (Fsp3) is 0.188. The molecule has 1 N–H and O–H groups in total. The summed E-state index contributed by atoms with van der Waals surface area (Å²) < 4.78 is 27.3. The van der Waals surface area contributed by atoms with Gasteiger partial charge in [-0.3, -0.25) is 4.79 Å². The highest BCUT2D eigenvalue weighted by Crippen LogP contribution is 2.20. The SMILES string of the molecule is CC(NC(=O)c1ccc(CBr)cc1)c1c(F)cccc1F. The van der Waals surface area contributed by atoms with E-state index in [9.17, 15) is 13.6 Å². The van der Waals surface area contributed by atoms with E-state index in [1.807, 2.05) is 12.1 Å². The molecule has 0 bridgehead atoms. The second kappa shape index (κ2) is 6.80. The van der Waals surface area contributed by atoms with Gasteiger partial charge in [-0.2, -0.15) is 0 Å². The Bertz CT molecular complexity index is 623. The van der Waals surface area contributed by atoms with Crippen LogP contribution in [0.5, 0.6) is 0 Å². The lowest BCUT2D eigenvalue weighted by molar-refractivity contribution is 0.0939. The van der Waals surface area contributed by atoms with Crippen LogP contribution in [0.1, 0.15) is 34.5 Å². The first kappa shape index (κ1) is 15.6. The summed E-state index contributed by atoms with van der Waals surface area (Å²) in [7, 11) is 0. The van der Waals surface area contributed by atoms with Crippen molar-refractivity contribution in [2.24, 2.45) is 0 Å². The average Bonchev–Trinajstić information content (AvgIpc) is 2.47. The zero-order valence-corrected chi connectivity index (χ0v) is 13.0. The van der Waals surface area contributed by atoms with E-state index in [1.54, 1.807) is 19.1 Å². The Kier molecular flexibility index (Phi) is 5.07. The molecule has 2 aromatic carbocycles. The van der Waals surface area contributed by atoms with Crippen molar-refractivity contribution in [2.75, 3.05) is 0 Å². The maximum atomic E-state index is 13.7. The molecule has 5 heteroatoms. The molecule has 21 heavy (non-hydrogen) atoms. The van der Waals surface area contributed by atoms with Crippen LogP contribution in [-0.2, 0) is 5.33 Å². The molecule has 0 radical (unpaired) electrons. The number of carbonyl (C=O) groups is 1. The molecule has 1 atom stereocenters. The van der Waals surface area contributed by atoms with Crippen LogP contribution in [0.4, 0.5) is 8.78 Å². The maximum absolute atomic E-state index is 13.7. The molecule has 110 valence electrons. The molecule has 0 aliphatic carbocycles. The molecule has 0 saturated heterocycles. The Morgan fingerprint density at radius 2 is 1.71 bits per heavy atom. The van der Waals surface area contributed by atoms with Gasteiger partial charge in [-0.25, -0.2) is 8.78 Å². The van der Waals surface area contributed by atoms with E-state index in [1.165, 1.54) is 18.2 Å². The molecule has 0 aliphatic rings. The highest BCUT2D eigenvalue weighted by molar-refractivity contribution is 9.08. The van der Waals surface area contributed by atoms with Gasteiger partial charge in [0.1, 0.15) is 11.6 Å². The molecule has 2 rings (SSSR count). The third-order valence-corrected chi connectivity index (χ3v) is 3.80. The van der Waals surface area contributed by atoms with Gasteiger partial charge in [-0.05, 0) is 36.8 Å². The van der Waals surface area contributed by atoms with Gasteiger partial charge in [-0.1, -0.05) is 34.1 Å². The number of amides is 1. The van der Waals surface area contributed by atoms with Crippen LogP contribution >= 0.6 is 15.9 Å². The number of hydrogen-bond acceptors (Lipinski definition) is 1. The first-order chi connectivity index (χ1) is 10.0. The second-order valence-electron chi connectivity index (χ2n) is 4.66. The van der Waals surface area contributed by atoms with Gasteiger partial charge in [0.05, 0.1) is 6.04 Å². The van der Waals surface area contributed by atoms with E-state index >= 15 is 0 Å². The van der Waals surface area contributed by atoms with Gasteiger partial charge in [0, 0.05) is 16.5 Å². The third kappa shape index (κ3) is 3.67. The molecule has 0 aromatic heterocycles. The Morgan fingerprint density at radius 3 is 2.24 bits per heavy atom. The van der Waals surface area contributed by atoms with Crippen molar-refractivity contribution in [1.82, 2.24) is 5.32 Å². The lowest BCUT2D eigenvalue weighted by Gasteiger charge is -2.16. The van der Waals surface area contributed by atoms with Crippen molar-refractivity contribution >= 4 is 21.8 Å². The molecule has 2 aromatic rings. The van der Waals surface area contributed by atoms with Gasteiger partial charge >= 0.3 is 0 Å². The van der Waals surface area contributed by atoms with Crippen molar-refractivity contribution in [2.45, 2.75) is 18.3 Å². The number of rotatable bonds is 4. The number of carbonyl (C=O) groups excluding carboxylic acids is 1. The molecule has 1 amide bonds. The van der Waals surface area contributed by atoms with E-state index in [0.717, 1.165) is 5.56 Å². The van der Waals surface area contributed by atoms with Crippen LogP contribution in [0.2, 0.25) is 0 Å². The van der Waals surface area contributed by atoms with Gasteiger partial charge in [-0.15, -0.1) is 0 Å². The Hall–Kier alpha value is -1.75. The lowest BCUT2D eigenvalue weighted by Crippen LogP contribution is -2.27. The quantitative estimate of drug-likeness (QED) is 0.813. The number of benzene rings is 2. The van der Waals surface area contributed by atoms with Crippen molar-refractivity contribution in [1.29, 1.82) is 0 Å². The summed E-state index contributed by atoms with van der Waals surface area (Å²) in [6, 6.07) is 9.87. The van der Waals surface area contributed by atoms with Crippen molar-refractivity contribution in [3.05, 3.63) is 70.8 Å². The summed E-state index contributed by atoms with van der Waals surface area (Å²) in [5.41, 5.74) is 1.35. The van der Waals surface area contributed by atoms with Crippen LogP contribution in [0.25, 0.3) is 0 Å². The molecule has 1 unspecified atom stereocenters. The monoisotopic (exact) mass is 353 g/mol. The van der Waals surface area contributed by atoms with E-state index < -0.39 is 17.7 Å². The summed E-state index contributed by atoms with van der Waals surface area (Å²) in [6.45, 7) is 1.55. The first-order valence-corrected chi connectivity index (χ1v) is 7.54. The minimum Gasteiger partial charge on any atom is -0.345 e. The van der Waals surface area contributed by atoms with E-state index in [0.29, 0.717) is 10.9 Å². The van der Waals surface area contributed by atoms with Gasteiger partial charge in [0.15, 0.2) is 0 Å². The predicted octanol–water partition coefficient (Wildman–Crippen LogP) is 4.35. The van der Waals surface area contributed by atoms with E-state index in [-0.39, 0.29) is 11.5 Å². The Labute approximate surface area is 130 Å². The van der Waals surface area contributed by atoms with E-state index in [2.05, 4.69) is 21.2 Å². The molecule has 2 nitrogen and oxygen atoms in total. The molecular formula is C16H14BrF2NO. The predicted molar refractivity (Wildman–Crippen MR) is 81.3 cm³/mol. The van der Waals surface area contributed by atoms with Crippen LogP contribution in [0, 0.1) is 11.6 Å². The van der Waals surface area contributed by atoms with Crippen LogP contribution < -0.4 is 5.32 Å². The summed E-state index contributed by atoms with van der Waals surface area (Å²) in [6.07, 6.45) is 0. The van der Waals surface area contributed by atoms with Crippen LogP contribution in [0.15, 0.2) is 42.5 Å². The largest absolute Gasteiger partial charge is 0.345 e. The van der Waals surface area contributed by atoms with Crippen molar-refractivity contribution in [3.63, 3.8) is 0 Å². The fourth-order valence-electron chi connectivity index (χ4n) is 2.02. The van der Waals surface area contributed by atoms with Crippen molar-refractivity contribution < 1.29 is 13.6 Å². The summed E-state index contributed by atoms with van der Waals surface area (Å²) in [5, 5.41) is 3.30. The Morgan fingerprint density at radius 1 is 1.14 bits per heavy atom. The van der Waals surface area contributed by atoms with Crippen LogP contribution in [0.3, 0.4) is 0 Å². The van der Waals surface area contributed by atoms with Gasteiger partial charge < -0.3 is 5.32 Å². The molecule has 0 heterocycles. The fourth-order valence-corrected chi connectivity index (χ4v) is 2.40. The van der Waals surface area contributed by atoms with Gasteiger partial charge in [0.25, 0.3) is 5.91 Å². The number of nitrogens with one attached hydrogen (secondary N) is 1. The second-order valence-corrected chi connectivity index (χ2v) is 5.22. The molecular weight excluding hydrogens is 340 g/mol. The lowest BCUT2D eigenvalue weighted by atomic mass is 10.1. The molecule has 0 saturated carbocycles. The van der Waals surface area contributed by atoms with Crippen LogP contribution in [-0.4, -0.2) is 5.91 Å². The Balaban J connectivity index is 2.15. The number of alkyl halides is 1. The molecule has 0 aliphatic heterocycles. The highest BCUT2D eigenvalue weighted by Gasteiger charge is 2.18.